The number of ether oxygens (including phenoxy) is 1. The van der Waals surface area contributed by atoms with Crippen LogP contribution in [0.2, 0.25) is 0 Å². The Hall–Kier alpha value is -1.81. The van der Waals surface area contributed by atoms with E-state index in [1.165, 1.54) is 11.1 Å². The molecular formula is C15H21N3O. The predicted octanol–water partition coefficient (Wildman–Crippen LogP) is 1.80. The van der Waals surface area contributed by atoms with E-state index in [0.29, 0.717) is 6.04 Å². The van der Waals surface area contributed by atoms with Gasteiger partial charge < -0.3 is 10.1 Å². The predicted molar refractivity (Wildman–Crippen MR) is 76.5 cm³/mol. The Morgan fingerprint density at radius 2 is 2.11 bits per heavy atom. The first kappa shape index (κ1) is 13.6. The van der Waals surface area contributed by atoms with Crippen molar-refractivity contribution in [1.82, 2.24) is 15.1 Å². The standard InChI is InChI=1S/C15H21N3O/c1-16-14(8-13-10-17-18(2)11-13)7-12-5-4-6-15(9-12)19-3/h4-6,9-11,14,16H,7-8H2,1-3H3. The molecular weight excluding hydrogens is 238 g/mol. The molecule has 1 N–H and O–H groups in total. The number of methoxy groups -OCH3 is 1. The fourth-order valence-electron chi connectivity index (χ4n) is 2.22. The fourth-order valence-corrected chi connectivity index (χ4v) is 2.22. The highest BCUT2D eigenvalue weighted by molar-refractivity contribution is 5.29. The molecule has 1 aromatic heterocycles. The van der Waals surface area contributed by atoms with Gasteiger partial charge in [-0.2, -0.15) is 5.10 Å². The van der Waals surface area contributed by atoms with E-state index < -0.39 is 0 Å². The van der Waals surface area contributed by atoms with Gasteiger partial charge in [0.05, 0.1) is 13.3 Å². The van der Waals surface area contributed by atoms with Crippen molar-refractivity contribution in [2.75, 3.05) is 14.2 Å². The molecule has 0 radical (unpaired) electrons. The maximum Gasteiger partial charge on any atom is 0.119 e. The van der Waals surface area contributed by atoms with Crippen LogP contribution in [-0.4, -0.2) is 30.0 Å². The summed E-state index contributed by atoms with van der Waals surface area (Å²) in [7, 11) is 5.64. The minimum atomic E-state index is 0.399. The molecule has 0 amide bonds. The Bertz CT molecular complexity index is 522. The van der Waals surface area contributed by atoms with Crippen LogP contribution in [0.15, 0.2) is 36.7 Å². The molecule has 1 unspecified atom stereocenters. The third-order valence-corrected chi connectivity index (χ3v) is 3.26. The third kappa shape index (κ3) is 3.83. The molecule has 4 heteroatoms. The maximum absolute atomic E-state index is 5.26. The molecule has 0 aliphatic rings. The summed E-state index contributed by atoms with van der Waals surface area (Å²) < 4.78 is 7.10. The van der Waals surface area contributed by atoms with Crippen LogP contribution in [0.4, 0.5) is 0 Å². The van der Waals surface area contributed by atoms with Crippen LogP contribution in [0.3, 0.4) is 0 Å². The van der Waals surface area contributed by atoms with E-state index in [2.05, 4.69) is 28.7 Å². The molecule has 1 atom stereocenters. The van der Waals surface area contributed by atoms with Crippen molar-refractivity contribution in [3.05, 3.63) is 47.8 Å². The third-order valence-electron chi connectivity index (χ3n) is 3.26. The van der Waals surface area contributed by atoms with E-state index in [-0.39, 0.29) is 0 Å². The number of hydrogen-bond acceptors (Lipinski definition) is 3. The first-order chi connectivity index (χ1) is 9.21. The number of likely N-dealkylation sites (N-methyl/N-ethyl adjacent to an activating group) is 1. The largest absolute Gasteiger partial charge is 0.497 e. The van der Waals surface area contributed by atoms with Gasteiger partial charge >= 0.3 is 0 Å². The smallest absolute Gasteiger partial charge is 0.119 e. The summed E-state index contributed by atoms with van der Waals surface area (Å²) in [5, 5.41) is 7.58. The number of nitrogens with one attached hydrogen (secondary N) is 1. The summed E-state index contributed by atoms with van der Waals surface area (Å²) in [5.41, 5.74) is 2.53. The van der Waals surface area contributed by atoms with Gasteiger partial charge in [0.2, 0.25) is 0 Å². The first-order valence-electron chi connectivity index (χ1n) is 6.49. The Balaban J connectivity index is 2.01. The molecule has 2 aromatic rings. The van der Waals surface area contributed by atoms with Crippen molar-refractivity contribution in [3.63, 3.8) is 0 Å². The lowest BCUT2D eigenvalue weighted by Gasteiger charge is -2.15. The van der Waals surface area contributed by atoms with Crippen LogP contribution in [0.5, 0.6) is 5.75 Å². The number of benzene rings is 1. The average molecular weight is 259 g/mol. The van der Waals surface area contributed by atoms with Crippen LogP contribution in [-0.2, 0) is 19.9 Å². The molecule has 0 fully saturated rings. The second-order valence-corrected chi connectivity index (χ2v) is 4.77. The molecule has 0 bridgehead atoms. The van der Waals surface area contributed by atoms with Crippen molar-refractivity contribution in [1.29, 1.82) is 0 Å². The number of nitrogens with zero attached hydrogens (tertiary/aromatic N) is 2. The minimum Gasteiger partial charge on any atom is -0.497 e. The summed E-state index contributed by atoms with van der Waals surface area (Å²) in [6.45, 7) is 0. The highest BCUT2D eigenvalue weighted by Crippen LogP contribution is 2.15. The molecule has 102 valence electrons. The summed E-state index contributed by atoms with van der Waals surface area (Å²) in [5.74, 6) is 0.911. The Kier molecular flexibility index (Phi) is 4.58. The van der Waals surface area contributed by atoms with Gasteiger partial charge in [-0.25, -0.2) is 0 Å². The monoisotopic (exact) mass is 259 g/mol. The topological polar surface area (TPSA) is 39.1 Å². The molecule has 0 aliphatic heterocycles. The zero-order valence-corrected chi connectivity index (χ0v) is 11.8. The average Bonchev–Trinajstić information content (AvgIpc) is 2.83. The van der Waals surface area contributed by atoms with E-state index in [1.807, 2.05) is 37.1 Å². The van der Waals surface area contributed by atoms with Crippen molar-refractivity contribution in [2.24, 2.45) is 7.05 Å². The van der Waals surface area contributed by atoms with Crippen LogP contribution in [0.25, 0.3) is 0 Å². The van der Waals surface area contributed by atoms with Crippen LogP contribution < -0.4 is 10.1 Å². The number of aromatic nitrogens is 2. The molecule has 1 heterocycles. The van der Waals surface area contributed by atoms with Gasteiger partial charge in [0.1, 0.15) is 5.75 Å². The van der Waals surface area contributed by atoms with Crippen molar-refractivity contribution >= 4 is 0 Å². The van der Waals surface area contributed by atoms with Gasteiger partial charge in [-0.15, -0.1) is 0 Å². The Morgan fingerprint density at radius 1 is 1.32 bits per heavy atom. The SMILES string of the molecule is CNC(Cc1cccc(OC)c1)Cc1cnn(C)c1. The number of hydrogen-bond donors (Lipinski definition) is 1. The van der Waals surface area contributed by atoms with E-state index in [9.17, 15) is 0 Å². The molecule has 0 aliphatic carbocycles. The Labute approximate surface area is 114 Å². The maximum atomic E-state index is 5.26. The lowest BCUT2D eigenvalue weighted by atomic mass is 10.0. The summed E-state index contributed by atoms with van der Waals surface area (Å²) in [6, 6.07) is 8.63. The first-order valence-corrected chi connectivity index (χ1v) is 6.49. The molecule has 19 heavy (non-hydrogen) atoms. The highest BCUT2D eigenvalue weighted by atomic mass is 16.5. The summed E-state index contributed by atoms with van der Waals surface area (Å²) in [4.78, 5) is 0. The van der Waals surface area contributed by atoms with Crippen LogP contribution >= 0.6 is 0 Å². The van der Waals surface area contributed by atoms with Gasteiger partial charge in [0.15, 0.2) is 0 Å². The Morgan fingerprint density at radius 3 is 2.74 bits per heavy atom. The second kappa shape index (κ2) is 6.38. The van der Waals surface area contributed by atoms with Crippen LogP contribution in [0, 0.1) is 0 Å². The lowest BCUT2D eigenvalue weighted by Crippen LogP contribution is -2.29. The van der Waals surface area contributed by atoms with Crippen molar-refractivity contribution in [2.45, 2.75) is 18.9 Å². The van der Waals surface area contributed by atoms with E-state index in [0.717, 1.165) is 18.6 Å². The van der Waals surface area contributed by atoms with Gasteiger partial charge in [0.25, 0.3) is 0 Å². The molecule has 4 nitrogen and oxygen atoms in total. The van der Waals surface area contributed by atoms with Gasteiger partial charge in [0, 0.05) is 19.3 Å². The lowest BCUT2D eigenvalue weighted by molar-refractivity contribution is 0.414. The van der Waals surface area contributed by atoms with Crippen LogP contribution in [0.1, 0.15) is 11.1 Å². The quantitative estimate of drug-likeness (QED) is 0.860. The summed E-state index contributed by atoms with van der Waals surface area (Å²) in [6.07, 6.45) is 5.94. The minimum absolute atomic E-state index is 0.399. The molecule has 0 saturated carbocycles. The van der Waals surface area contributed by atoms with E-state index in [4.69, 9.17) is 4.74 Å². The van der Waals surface area contributed by atoms with Crippen molar-refractivity contribution in [3.8, 4) is 5.75 Å². The van der Waals surface area contributed by atoms with Gasteiger partial charge in [-0.3, -0.25) is 4.68 Å². The zero-order chi connectivity index (χ0) is 13.7. The van der Waals surface area contributed by atoms with E-state index >= 15 is 0 Å². The fraction of sp³-hybridized carbons (Fsp3) is 0.400. The zero-order valence-electron chi connectivity index (χ0n) is 11.8. The number of aryl methyl sites for hydroxylation is 1. The van der Waals surface area contributed by atoms with Gasteiger partial charge in [-0.05, 0) is 43.1 Å². The molecule has 2 rings (SSSR count). The highest BCUT2D eigenvalue weighted by Gasteiger charge is 2.10. The molecule has 0 saturated heterocycles. The van der Waals surface area contributed by atoms with Crippen molar-refractivity contribution < 1.29 is 4.74 Å². The molecule has 0 spiro atoms. The second-order valence-electron chi connectivity index (χ2n) is 4.77. The number of rotatable bonds is 6. The normalized spacial score (nSPS) is 12.4. The van der Waals surface area contributed by atoms with Gasteiger partial charge in [-0.1, -0.05) is 12.1 Å². The van der Waals surface area contributed by atoms with E-state index in [1.54, 1.807) is 7.11 Å². The molecule has 1 aromatic carbocycles. The summed E-state index contributed by atoms with van der Waals surface area (Å²) >= 11 is 0.